The van der Waals surface area contributed by atoms with E-state index < -0.39 is 0 Å². The lowest BCUT2D eigenvalue weighted by Crippen LogP contribution is -2.36. The van der Waals surface area contributed by atoms with E-state index >= 15 is 0 Å². The number of nitrogens with two attached hydrogens (primary N) is 1. The Morgan fingerprint density at radius 3 is 2.45 bits per heavy atom. The normalized spacial score (nSPS) is 16.1. The van der Waals surface area contributed by atoms with Gasteiger partial charge in [0.25, 0.3) is 0 Å². The maximum absolute atomic E-state index is 6.07. The summed E-state index contributed by atoms with van der Waals surface area (Å²) in [5, 5.41) is 0. The first kappa shape index (κ1) is 14.9. The molecule has 0 aliphatic carbocycles. The van der Waals surface area contributed by atoms with Crippen molar-refractivity contribution in [3.8, 4) is 11.5 Å². The molecule has 0 saturated carbocycles. The number of morpholine rings is 1. The van der Waals surface area contributed by atoms with Crippen molar-refractivity contribution in [2.24, 2.45) is 0 Å². The summed E-state index contributed by atoms with van der Waals surface area (Å²) in [7, 11) is 3.26. The number of benzene rings is 1. The van der Waals surface area contributed by atoms with Gasteiger partial charge in [-0.2, -0.15) is 0 Å². The minimum atomic E-state index is 0.682. The number of rotatable bonds is 6. The van der Waals surface area contributed by atoms with Gasteiger partial charge in [0, 0.05) is 24.8 Å². The van der Waals surface area contributed by atoms with E-state index in [-0.39, 0.29) is 0 Å². The van der Waals surface area contributed by atoms with Crippen LogP contribution in [0.15, 0.2) is 12.1 Å². The van der Waals surface area contributed by atoms with Gasteiger partial charge in [-0.15, -0.1) is 0 Å². The summed E-state index contributed by atoms with van der Waals surface area (Å²) in [5.41, 5.74) is 7.96. The van der Waals surface area contributed by atoms with Crippen LogP contribution in [0.3, 0.4) is 0 Å². The summed E-state index contributed by atoms with van der Waals surface area (Å²) in [6.07, 6.45) is 2.03. The largest absolute Gasteiger partial charge is 0.493 e. The van der Waals surface area contributed by atoms with Crippen molar-refractivity contribution in [1.82, 2.24) is 4.90 Å². The van der Waals surface area contributed by atoms with Gasteiger partial charge >= 0.3 is 0 Å². The molecule has 0 amide bonds. The third-order valence-corrected chi connectivity index (χ3v) is 3.67. The molecule has 1 heterocycles. The second-order valence-corrected chi connectivity index (χ2v) is 4.96. The smallest absolute Gasteiger partial charge is 0.162 e. The average Bonchev–Trinajstić information content (AvgIpc) is 2.49. The molecule has 1 aliphatic rings. The standard InChI is InChI=1S/C15H24N2O3/c1-18-14-10-12(13(16)11-15(14)19-2)4-3-5-17-6-8-20-9-7-17/h10-11H,3-9,16H2,1-2H3. The second kappa shape index (κ2) is 7.36. The molecule has 0 atom stereocenters. The van der Waals surface area contributed by atoms with Crippen molar-refractivity contribution in [3.05, 3.63) is 17.7 Å². The van der Waals surface area contributed by atoms with Crippen molar-refractivity contribution in [2.45, 2.75) is 12.8 Å². The summed E-state index contributed by atoms with van der Waals surface area (Å²) in [4.78, 5) is 2.43. The highest BCUT2D eigenvalue weighted by Gasteiger charge is 2.12. The predicted molar refractivity (Wildman–Crippen MR) is 79.5 cm³/mol. The predicted octanol–water partition coefficient (Wildman–Crippen LogP) is 1.55. The Bertz CT molecular complexity index is 431. The zero-order valence-corrected chi connectivity index (χ0v) is 12.4. The Kier molecular flexibility index (Phi) is 5.49. The number of nitrogens with zero attached hydrogens (tertiary/aromatic N) is 1. The van der Waals surface area contributed by atoms with Crippen LogP contribution in [-0.2, 0) is 11.2 Å². The molecule has 2 rings (SSSR count). The van der Waals surface area contributed by atoms with Crippen molar-refractivity contribution in [1.29, 1.82) is 0 Å². The Hall–Kier alpha value is -1.46. The van der Waals surface area contributed by atoms with Crippen molar-refractivity contribution >= 4 is 5.69 Å². The van der Waals surface area contributed by atoms with Gasteiger partial charge in [-0.05, 0) is 31.0 Å². The molecule has 0 bridgehead atoms. The molecule has 0 spiro atoms. The van der Waals surface area contributed by atoms with Gasteiger partial charge in [-0.1, -0.05) is 0 Å². The SMILES string of the molecule is COc1cc(N)c(CCCN2CCOCC2)cc1OC. The van der Waals surface area contributed by atoms with E-state index in [1.807, 2.05) is 12.1 Å². The lowest BCUT2D eigenvalue weighted by Gasteiger charge is -2.26. The first-order valence-corrected chi connectivity index (χ1v) is 7.05. The molecular formula is C15H24N2O3. The van der Waals surface area contributed by atoms with Crippen LogP contribution >= 0.6 is 0 Å². The van der Waals surface area contributed by atoms with E-state index in [1.54, 1.807) is 14.2 Å². The van der Waals surface area contributed by atoms with Gasteiger partial charge in [0.05, 0.1) is 27.4 Å². The van der Waals surface area contributed by atoms with E-state index in [2.05, 4.69) is 4.90 Å². The molecule has 0 radical (unpaired) electrons. The lowest BCUT2D eigenvalue weighted by atomic mass is 10.1. The molecule has 0 unspecified atom stereocenters. The van der Waals surface area contributed by atoms with Crippen LogP contribution in [0.4, 0.5) is 5.69 Å². The van der Waals surface area contributed by atoms with Crippen molar-refractivity contribution in [2.75, 3.05) is 52.8 Å². The summed E-state index contributed by atoms with van der Waals surface area (Å²) >= 11 is 0. The maximum atomic E-state index is 6.07. The Labute approximate surface area is 120 Å². The molecule has 0 aromatic heterocycles. The van der Waals surface area contributed by atoms with E-state index in [1.165, 1.54) is 0 Å². The molecule has 1 saturated heterocycles. The van der Waals surface area contributed by atoms with Gasteiger partial charge in [0.1, 0.15) is 0 Å². The summed E-state index contributed by atoms with van der Waals surface area (Å²) in [6, 6.07) is 3.82. The number of methoxy groups -OCH3 is 2. The highest BCUT2D eigenvalue weighted by Crippen LogP contribution is 2.32. The molecule has 112 valence electrons. The quantitative estimate of drug-likeness (QED) is 0.801. The van der Waals surface area contributed by atoms with Crippen molar-refractivity contribution < 1.29 is 14.2 Å². The number of anilines is 1. The Morgan fingerprint density at radius 2 is 1.80 bits per heavy atom. The number of aryl methyl sites for hydroxylation is 1. The summed E-state index contributed by atoms with van der Waals surface area (Å²) in [6.45, 7) is 4.83. The lowest BCUT2D eigenvalue weighted by molar-refractivity contribution is 0.0375. The van der Waals surface area contributed by atoms with Gasteiger partial charge in [-0.25, -0.2) is 0 Å². The van der Waals surface area contributed by atoms with Gasteiger partial charge in [0.15, 0.2) is 11.5 Å². The Morgan fingerprint density at radius 1 is 1.15 bits per heavy atom. The molecule has 5 nitrogen and oxygen atoms in total. The monoisotopic (exact) mass is 280 g/mol. The highest BCUT2D eigenvalue weighted by atomic mass is 16.5. The molecule has 1 aliphatic heterocycles. The highest BCUT2D eigenvalue weighted by molar-refractivity contribution is 5.58. The minimum Gasteiger partial charge on any atom is -0.493 e. The van der Waals surface area contributed by atoms with Gasteiger partial charge < -0.3 is 19.9 Å². The third-order valence-electron chi connectivity index (χ3n) is 3.67. The van der Waals surface area contributed by atoms with Crippen LogP contribution in [0, 0.1) is 0 Å². The van der Waals surface area contributed by atoms with Crippen LogP contribution in [-0.4, -0.2) is 52.0 Å². The first-order chi connectivity index (χ1) is 9.74. The third kappa shape index (κ3) is 3.77. The van der Waals surface area contributed by atoms with E-state index in [4.69, 9.17) is 19.9 Å². The van der Waals surface area contributed by atoms with Gasteiger partial charge in [-0.3, -0.25) is 4.90 Å². The molecule has 20 heavy (non-hydrogen) atoms. The molecule has 1 aromatic carbocycles. The first-order valence-electron chi connectivity index (χ1n) is 7.05. The number of hydrogen-bond donors (Lipinski definition) is 1. The van der Waals surface area contributed by atoms with E-state index in [0.717, 1.165) is 62.7 Å². The topological polar surface area (TPSA) is 57.0 Å². The molecule has 2 N–H and O–H groups in total. The van der Waals surface area contributed by atoms with Crippen LogP contribution < -0.4 is 15.2 Å². The average molecular weight is 280 g/mol. The number of ether oxygens (including phenoxy) is 3. The summed E-state index contributed by atoms with van der Waals surface area (Å²) in [5.74, 6) is 1.42. The zero-order chi connectivity index (χ0) is 14.4. The second-order valence-electron chi connectivity index (χ2n) is 4.96. The molecular weight excluding hydrogens is 256 g/mol. The number of hydrogen-bond acceptors (Lipinski definition) is 5. The molecule has 1 fully saturated rings. The van der Waals surface area contributed by atoms with Gasteiger partial charge in [0.2, 0.25) is 0 Å². The fraction of sp³-hybridized carbons (Fsp3) is 0.600. The van der Waals surface area contributed by atoms with Crippen LogP contribution in [0.25, 0.3) is 0 Å². The van der Waals surface area contributed by atoms with Crippen LogP contribution in [0.1, 0.15) is 12.0 Å². The Balaban J connectivity index is 1.91. The van der Waals surface area contributed by atoms with E-state index in [0.29, 0.717) is 5.75 Å². The minimum absolute atomic E-state index is 0.682. The van der Waals surface area contributed by atoms with Crippen LogP contribution in [0.5, 0.6) is 11.5 Å². The maximum Gasteiger partial charge on any atom is 0.162 e. The van der Waals surface area contributed by atoms with Crippen molar-refractivity contribution in [3.63, 3.8) is 0 Å². The fourth-order valence-corrected chi connectivity index (χ4v) is 2.47. The number of nitrogen functional groups attached to an aromatic ring is 1. The zero-order valence-electron chi connectivity index (χ0n) is 12.4. The van der Waals surface area contributed by atoms with Crippen LogP contribution in [0.2, 0.25) is 0 Å². The van der Waals surface area contributed by atoms with E-state index in [9.17, 15) is 0 Å². The summed E-state index contributed by atoms with van der Waals surface area (Å²) < 4.78 is 15.9. The molecule has 5 heteroatoms. The fourth-order valence-electron chi connectivity index (χ4n) is 2.47. The molecule has 1 aromatic rings.